The van der Waals surface area contributed by atoms with Gasteiger partial charge in [-0.3, -0.25) is 9.36 Å². The lowest BCUT2D eigenvalue weighted by Crippen LogP contribution is -2.41. The second-order valence-corrected chi connectivity index (χ2v) is 6.50. The van der Waals surface area contributed by atoms with E-state index in [4.69, 9.17) is 4.74 Å². The van der Waals surface area contributed by atoms with Crippen LogP contribution in [0.5, 0.6) is 5.75 Å². The number of nitrogens with zero attached hydrogens (tertiary/aromatic N) is 3. The van der Waals surface area contributed by atoms with E-state index in [2.05, 4.69) is 22.3 Å². The van der Waals surface area contributed by atoms with Gasteiger partial charge in [-0.1, -0.05) is 12.1 Å². The lowest BCUT2D eigenvalue weighted by Gasteiger charge is -2.32. The maximum Gasteiger partial charge on any atom is 0.343 e. The van der Waals surface area contributed by atoms with Gasteiger partial charge in [-0.15, -0.1) is 0 Å². The lowest BCUT2D eigenvalue weighted by molar-refractivity contribution is -0.133. The van der Waals surface area contributed by atoms with E-state index >= 15 is 0 Å². The normalized spacial score (nSPS) is 15.3. The molecule has 2 heterocycles. The van der Waals surface area contributed by atoms with Crippen LogP contribution in [-0.4, -0.2) is 45.8 Å². The molecule has 1 aromatic carbocycles. The van der Waals surface area contributed by atoms with Crippen molar-refractivity contribution in [3.8, 4) is 5.75 Å². The third-order valence-corrected chi connectivity index (χ3v) is 4.89. The fourth-order valence-electron chi connectivity index (χ4n) is 3.26. The summed E-state index contributed by atoms with van der Waals surface area (Å²) in [7, 11) is 1.67. The lowest BCUT2D eigenvalue weighted by atomic mass is 9.90. The largest absolute Gasteiger partial charge is 0.497 e. The third-order valence-electron chi connectivity index (χ3n) is 4.89. The molecule has 1 N–H and O–H groups in total. The Bertz CT molecular complexity index is 742. The molecule has 0 spiro atoms. The van der Waals surface area contributed by atoms with E-state index < -0.39 is 0 Å². The Hall–Kier alpha value is -2.57. The van der Waals surface area contributed by atoms with Gasteiger partial charge in [0.15, 0.2) is 0 Å². The van der Waals surface area contributed by atoms with Crippen LogP contribution >= 0.6 is 0 Å². The van der Waals surface area contributed by atoms with Crippen LogP contribution < -0.4 is 10.4 Å². The number of benzene rings is 1. The number of nitrogens with one attached hydrogen (secondary N) is 1. The molecule has 1 saturated heterocycles. The van der Waals surface area contributed by atoms with Gasteiger partial charge in [0, 0.05) is 13.1 Å². The van der Waals surface area contributed by atoms with Gasteiger partial charge in [0.2, 0.25) is 5.91 Å². The maximum atomic E-state index is 12.3. The summed E-state index contributed by atoms with van der Waals surface area (Å²) in [5, 5.41) is 5.95. The van der Waals surface area contributed by atoms with Gasteiger partial charge in [-0.25, -0.2) is 9.89 Å². The number of hydrogen-bond acceptors (Lipinski definition) is 4. The van der Waals surface area contributed by atoms with E-state index in [0.717, 1.165) is 44.5 Å². The van der Waals surface area contributed by atoms with Crippen molar-refractivity contribution in [2.24, 2.45) is 5.92 Å². The Labute approximate surface area is 146 Å². The number of rotatable bonds is 6. The second-order valence-electron chi connectivity index (χ2n) is 6.50. The summed E-state index contributed by atoms with van der Waals surface area (Å²) < 4.78 is 6.48. The van der Waals surface area contributed by atoms with E-state index in [1.54, 1.807) is 7.11 Å². The summed E-state index contributed by atoms with van der Waals surface area (Å²) in [5.41, 5.74) is 0.973. The average Bonchev–Trinajstić information content (AvgIpc) is 3.05. The Kier molecular flexibility index (Phi) is 5.53. The first kappa shape index (κ1) is 17.3. The minimum absolute atomic E-state index is 0.0166. The number of aromatic nitrogens is 3. The molecule has 0 unspecified atom stereocenters. The number of aromatic amines is 1. The summed E-state index contributed by atoms with van der Waals surface area (Å²) in [4.78, 5) is 25.5. The van der Waals surface area contributed by atoms with Crippen LogP contribution in [-0.2, 0) is 17.8 Å². The summed E-state index contributed by atoms with van der Waals surface area (Å²) in [5.74, 6) is 1.51. The highest BCUT2D eigenvalue weighted by Crippen LogP contribution is 2.23. The number of ether oxygens (including phenoxy) is 1. The molecule has 2 aromatic rings. The van der Waals surface area contributed by atoms with E-state index in [1.807, 2.05) is 17.0 Å². The Balaban J connectivity index is 1.42. The smallest absolute Gasteiger partial charge is 0.343 e. The predicted molar refractivity (Wildman–Crippen MR) is 93.5 cm³/mol. The van der Waals surface area contributed by atoms with Crippen LogP contribution in [0.25, 0.3) is 0 Å². The zero-order chi connectivity index (χ0) is 17.6. The molecular weight excluding hydrogens is 320 g/mol. The van der Waals surface area contributed by atoms with Crippen LogP contribution in [0, 0.1) is 5.92 Å². The fraction of sp³-hybridized carbons (Fsp3) is 0.500. The van der Waals surface area contributed by atoms with Crippen molar-refractivity contribution in [1.29, 1.82) is 0 Å². The summed E-state index contributed by atoms with van der Waals surface area (Å²) >= 11 is 0. The molecule has 1 aliphatic heterocycles. The molecule has 0 radical (unpaired) electrons. The minimum atomic E-state index is -0.345. The number of piperidine rings is 1. The van der Waals surface area contributed by atoms with E-state index in [9.17, 15) is 9.59 Å². The molecule has 134 valence electrons. The van der Waals surface area contributed by atoms with Crippen LogP contribution in [0.15, 0.2) is 35.4 Å². The molecule has 1 fully saturated rings. The molecule has 7 nitrogen and oxygen atoms in total. The number of likely N-dealkylation sites (tertiary alicyclic amines) is 1. The van der Waals surface area contributed by atoms with Gasteiger partial charge >= 0.3 is 5.69 Å². The van der Waals surface area contributed by atoms with E-state index in [1.165, 1.54) is 16.5 Å². The van der Waals surface area contributed by atoms with Gasteiger partial charge in [-0.05, 0) is 49.3 Å². The van der Waals surface area contributed by atoms with Gasteiger partial charge in [0.1, 0.15) is 18.6 Å². The standard InChI is InChI=1S/C18H24N4O3/c1-25-16-6-4-14(5-7-16)2-3-15-8-10-21(11-9-15)17(23)12-22-13-19-20-18(22)24/h4-7,13,15H,2-3,8-12H2,1H3,(H,20,24). The minimum Gasteiger partial charge on any atom is -0.497 e. The zero-order valence-corrected chi connectivity index (χ0v) is 14.5. The second kappa shape index (κ2) is 8.00. The highest BCUT2D eigenvalue weighted by atomic mass is 16.5. The first-order valence-electron chi connectivity index (χ1n) is 8.66. The van der Waals surface area contributed by atoms with Crippen molar-refractivity contribution < 1.29 is 9.53 Å². The molecule has 3 rings (SSSR count). The van der Waals surface area contributed by atoms with Gasteiger partial charge in [0.05, 0.1) is 7.11 Å². The van der Waals surface area contributed by atoms with Crippen molar-refractivity contribution in [2.75, 3.05) is 20.2 Å². The molecule has 0 atom stereocenters. The van der Waals surface area contributed by atoms with Gasteiger partial charge in [0.25, 0.3) is 0 Å². The van der Waals surface area contributed by atoms with Crippen molar-refractivity contribution in [3.63, 3.8) is 0 Å². The van der Waals surface area contributed by atoms with Crippen molar-refractivity contribution >= 4 is 5.91 Å². The number of amides is 1. The maximum absolute atomic E-state index is 12.3. The molecule has 25 heavy (non-hydrogen) atoms. The topological polar surface area (TPSA) is 80.2 Å². The zero-order valence-electron chi connectivity index (χ0n) is 14.5. The number of aryl methyl sites for hydroxylation is 1. The van der Waals surface area contributed by atoms with Crippen LogP contribution in [0.3, 0.4) is 0 Å². The molecule has 7 heteroatoms. The van der Waals surface area contributed by atoms with Crippen molar-refractivity contribution in [3.05, 3.63) is 46.6 Å². The molecule has 0 bridgehead atoms. The summed E-state index contributed by atoms with van der Waals surface area (Å²) in [6.45, 7) is 1.59. The molecule has 1 aliphatic rings. The fourth-order valence-corrected chi connectivity index (χ4v) is 3.26. The number of methoxy groups -OCH3 is 1. The summed E-state index contributed by atoms with van der Waals surface area (Å²) in [6.07, 6.45) is 5.58. The number of hydrogen-bond donors (Lipinski definition) is 1. The van der Waals surface area contributed by atoms with E-state index in [0.29, 0.717) is 5.92 Å². The van der Waals surface area contributed by atoms with Crippen molar-refractivity contribution in [1.82, 2.24) is 19.7 Å². The number of H-pyrrole nitrogens is 1. The van der Waals surface area contributed by atoms with Crippen LogP contribution in [0.4, 0.5) is 0 Å². The number of carbonyl (C=O) groups is 1. The molecule has 0 aliphatic carbocycles. The number of carbonyl (C=O) groups excluding carboxylic acids is 1. The Morgan fingerprint density at radius 2 is 2.00 bits per heavy atom. The molecule has 0 saturated carbocycles. The quantitative estimate of drug-likeness (QED) is 0.860. The monoisotopic (exact) mass is 344 g/mol. The SMILES string of the molecule is COc1ccc(CCC2CCN(C(=O)Cn3cn[nH]c3=O)CC2)cc1. The first-order chi connectivity index (χ1) is 12.2. The molecule has 1 aromatic heterocycles. The Morgan fingerprint density at radius 1 is 1.28 bits per heavy atom. The molecular formula is C18H24N4O3. The van der Waals surface area contributed by atoms with Gasteiger partial charge in [-0.2, -0.15) is 5.10 Å². The third kappa shape index (κ3) is 4.49. The average molecular weight is 344 g/mol. The highest BCUT2D eigenvalue weighted by Gasteiger charge is 2.23. The Morgan fingerprint density at radius 3 is 2.60 bits per heavy atom. The van der Waals surface area contributed by atoms with Crippen LogP contribution in [0.1, 0.15) is 24.8 Å². The van der Waals surface area contributed by atoms with E-state index in [-0.39, 0.29) is 18.1 Å². The predicted octanol–water partition coefficient (Wildman–Crippen LogP) is 1.45. The first-order valence-corrected chi connectivity index (χ1v) is 8.66. The summed E-state index contributed by atoms with van der Waals surface area (Å²) in [6, 6.07) is 8.21. The molecule has 1 amide bonds. The highest BCUT2D eigenvalue weighted by molar-refractivity contribution is 5.76. The van der Waals surface area contributed by atoms with Crippen molar-refractivity contribution in [2.45, 2.75) is 32.2 Å². The van der Waals surface area contributed by atoms with Gasteiger partial charge < -0.3 is 9.64 Å². The van der Waals surface area contributed by atoms with Crippen LogP contribution in [0.2, 0.25) is 0 Å².